The largest absolute Gasteiger partial charge is 0.493 e. The van der Waals surface area contributed by atoms with Crippen LogP contribution >= 0.6 is 0 Å². The third-order valence-corrected chi connectivity index (χ3v) is 5.05. The Morgan fingerprint density at radius 3 is 2.46 bits per heavy atom. The van der Waals surface area contributed by atoms with Crippen molar-refractivity contribution in [3.8, 4) is 11.5 Å². The van der Waals surface area contributed by atoms with Crippen LogP contribution in [0.4, 0.5) is 0 Å². The summed E-state index contributed by atoms with van der Waals surface area (Å²) < 4.78 is 10.5. The van der Waals surface area contributed by atoms with E-state index in [1.165, 1.54) is 4.90 Å². The van der Waals surface area contributed by atoms with Crippen LogP contribution in [-0.4, -0.2) is 49.3 Å². The summed E-state index contributed by atoms with van der Waals surface area (Å²) in [5.41, 5.74) is 2.24. The summed E-state index contributed by atoms with van der Waals surface area (Å²) in [7, 11) is 3.14. The van der Waals surface area contributed by atoms with E-state index in [4.69, 9.17) is 14.3 Å². The average Bonchev–Trinajstić information content (AvgIpc) is 3.27. The number of fused-ring (bicyclic) bond motifs is 1. The molecule has 0 radical (unpaired) electrons. The van der Waals surface area contributed by atoms with Gasteiger partial charge in [0.05, 0.1) is 14.2 Å². The number of rotatable bonds is 6. The summed E-state index contributed by atoms with van der Waals surface area (Å²) >= 11 is 0. The Morgan fingerprint density at radius 2 is 1.75 bits per heavy atom. The first-order chi connectivity index (χ1) is 13.6. The zero-order valence-corrected chi connectivity index (χ0v) is 15.6. The molecule has 1 fully saturated rings. The van der Waals surface area contributed by atoms with Gasteiger partial charge < -0.3 is 14.3 Å². The van der Waals surface area contributed by atoms with Crippen LogP contribution in [0.3, 0.4) is 0 Å². The Morgan fingerprint density at radius 1 is 1.00 bits per heavy atom. The second-order valence-electron chi connectivity index (χ2n) is 6.61. The van der Waals surface area contributed by atoms with Crippen molar-refractivity contribution in [3.63, 3.8) is 0 Å². The molecule has 4 rings (SSSR count). The molecule has 2 aromatic rings. The second-order valence-corrected chi connectivity index (χ2v) is 6.61. The summed E-state index contributed by atoms with van der Waals surface area (Å²) in [6, 6.07) is 14.9. The van der Waals surface area contributed by atoms with Gasteiger partial charge in [0, 0.05) is 12.1 Å². The number of carbonyl (C=O) groups is 2. The molecule has 2 amide bonds. The minimum absolute atomic E-state index is 0.268. The molecular formula is C21H20N2O5. The fraction of sp³-hybridized carbons (Fsp3) is 0.286. The number of likely N-dealkylation sites (tertiary alicyclic amines) is 1. The van der Waals surface area contributed by atoms with Gasteiger partial charge in [-0.1, -0.05) is 41.6 Å². The Bertz CT molecular complexity index is 941. The molecule has 2 aromatic carbocycles. The van der Waals surface area contributed by atoms with E-state index in [-0.39, 0.29) is 18.4 Å². The van der Waals surface area contributed by atoms with Gasteiger partial charge >= 0.3 is 0 Å². The normalized spacial score (nSPS) is 20.6. The Labute approximate surface area is 162 Å². The summed E-state index contributed by atoms with van der Waals surface area (Å²) in [6.45, 7) is 0.269. The highest BCUT2D eigenvalue weighted by atomic mass is 16.6. The molecule has 0 N–H and O–H groups in total. The average molecular weight is 380 g/mol. The van der Waals surface area contributed by atoms with Gasteiger partial charge in [-0.25, -0.2) is 0 Å². The molecule has 2 heterocycles. The van der Waals surface area contributed by atoms with E-state index in [0.717, 1.165) is 11.1 Å². The number of oxime groups is 1. The molecule has 2 aliphatic rings. The zero-order chi connectivity index (χ0) is 19.7. The molecule has 7 heteroatoms. The maximum Gasteiger partial charge on any atom is 0.274 e. The molecule has 7 nitrogen and oxygen atoms in total. The minimum atomic E-state index is -0.867. The van der Waals surface area contributed by atoms with Crippen molar-refractivity contribution in [2.45, 2.75) is 12.5 Å². The third kappa shape index (κ3) is 2.98. The molecule has 0 bridgehead atoms. The highest BCUT2D eigenvalue weighted by Crippen LogP contribution is 2.33. The number of methoxy groups -OCH3 is 2. The van der Waals surface area contributed by atoms with Gasteiger partial charge in [0.1, 0.15) is 11.6 Å². The lowest BCUT2D eigenvalue weighted by atomic mass is 9.94. The first-order valence-corrected chi connectivity index (χ1v) is 8.99. The van der Waals surface area contributed by atoms with Crippen molar-refractivity contribution in [3.05, 3.63) is 59.7 Å². The number of amides is 2. The number of imide groups is 1. The van der Waals surface area contributed by atoms with E-state index >= 15 is 0 Å². The predicted molar refractivity (Wildman–Crippen MR) is 101 cm³/mol. The lowest BCUT2D eigenvalue weighted by molar-refractivity contribution is -0.142. The van der Waals surface area contributed by atoms with Crippen LogP contribution in [0.5, 0.6) is 11.5 Å². The molecule has 144 valence electrons. The molecule has 0 aromatic heterocycles. The molecular weight excluding hydrogens is 360 g/mol. The number of benzene rings is 2. The first kappa shape index (κ1) is 18.0. The van der Waals surface area contributed by atoms with E-state index in [9.17, 15) is 9.59 Å². The number of nitrogens with zero attached hydrogens (tertiary/aromatic N) is 2. The van der Waals surface area contributed by atoms with Crippen LogP contribution in [0, 0.1) is 5.92 Å². The van der Waals surface area contributed by atoms with E-state index in [0.29, 0.717) is 23.6 Å². The smallest absolute Gasteiger partial charge is 0.274 e. The number of hydrogen-bond acceptors (Lipinski definition) is 6. The Balaban J connectivity index is 1.49. The van der Waals surface area contributed by atoms with Gasteiger partial charge in [-0.2, -0.15) is 0 Å². The van der Waals surface area contributed by atoms with Crippen molar-refractivity contribution in [1.29, 1.82) is 0 Å². The van der Waals surface area contributed by atoms with Crippen molar-refractivity contribution >= 4 is 17.5 Å². The van der Waals surface area contributed by atoms with E-state index in [2.05, 4.69) is 5.16 Å². The predicted octanol–water partition coefficient (Wildman–Crippen LogP) is 2.03. The van der Waals surface area contributed by atoms with Gasteiger partial charge in [-0.3, -0.25) is 14.5 Å². The molecule has 0 unspecified atom stereocenters. The van der Waals surface area contributed by atoms with E-state index in [1.807, 2.05) is 42.5 Å². The van der Waals surface area contributed by atoms with Crippen LogP contribution in [0.25, 0.3) is 0 Å². The van der Waals surface area contributed by atoms with Crippen molar-refractivity contribution in [1.82, 2.24) is 4.90 Å². The molecule has 0 aliphatic carbocycles. The van der Waals surface area contributed by atoms with Crippen LogP contribution < -0.4 is 9.47 Å². The topological polar surface area (TPSA) is 77.4 Å². The van der Waals surface area contributed by atoms with Crippen molar-refractivity contribution in [2.24, 2.45) is 11.1 Å². The van der Waals surface area contributed by atoms with E-state index in [1.54, 1.807) is 20.3 Å². The summed E-state index contributed by atoms with van der Waals surface area (Å²) in [4.78, 5) is 32.2. The molecule has 2 aliphatic heterocycles. The van der Waals surface area contributed by atoms with Crippen molar-refractivity contribution < 1.29 is 23.9 Å². The van der Waals surface area contributed by atoms with Crippen molar-refractivity contribution in [2.75, 3.05) is 20.8 Å². The summed E-state index contributed by atoms with van der Waals surface area (Å²) in [5.74, 6) is -0.0509. The highest BCUT2D eigenvalue weighted by Gasteiger charge is 2.55. The van der Waals surface area contributed by atoms with Gasteiger partial charge in [-0.15, -0.1) is 0 Å². The fourth-order valence-electron chi connectivity index (χ4n) is 3.58. The molecule has 0 saturated carbocycles. The van der Waals surface area contributed by atoms with Crippen LogP contribution in [0.1, 0.15) is 11.1 Å². The molecule has 28 heavy (non-hydrogen) atoms. The SMILES string of the molecule is COc1ccc(CCN2C(=O)[C@@H]3C(c4ccccc4)=NO[C@@H]3C2=O)cc1OC. The third-order valence-electron chi connectivity index (χ3n) is 5.05. The summed E-state index contributed by atoms with van der Waals surface area (Å²) in [5, 5.41) is 4.00. The number of ether oxygens (including phenoxy) is 2. The maximum atomic E-state index is 12.9. The van der Waals surface area contributed by atoms with E-state index < -0.39 is 12.0 Å². The van der Waals surface area contributed by atoms with Gasteiger partial charge in [0.2, 0.25) is 12.0 Å². The van der Waals surface area contributed by atoms with Crippen LogP contribution in [0.2, 0.25) is 0 Å². The van der Waals surface area contributed by atoms with Gasteiger partial charge in [0.25, 0.3) is 5.91 Å². The quantitative estimate of drug-likeness (QED) is 0.717. The highest BCUT2D eigenvalue weighted by molar-refractivity contribution is 6.23. The minimum Gasteiger partial charge on any atom is -0.493 e. The molecule has 1 saturated heterocycles. The number of hydrogen-bond donors (Lipinski definition) is 0. The Kier molecular flexibility index (Phi) is 4.73. The second kappa shape index (κ2) is 7.34. The monoisotopic (exact) mass is 380 g/mol. The number of carbonyl (C=O) groups excluding carboxylic acids is 2. The zero-order valence-electron chi connectivity index (χ0n) is 15.6. The Hall–Kier alpha value is -3.35. The van der Waals surface area contributed by atoms with Crippen LogP contribution in [-0.2, 0) is 20.8 Å². The van der Waals surface area contributed by atoms with Crippen LogP contribution in [0.15, 0.2) is 53.7 Å². The lowest BCUT2D eigenvalue weighted by Gasteiger charge is -2.16. The maximum absolute atomic E-state index is 12.9. The fourth-order valence-corrected chi connectivity index (χ4v) is 3.58. The first-order valence-electron chi connectivity index (χ1n) is 8.99. The van der Waals surface area contributed by atoms with Gasteiger partial charge in [0.15, 0.2) is 11.5 Å². The molecule has 0 spiro atoms. The lowest BCUT2D eigenvalue weighted by Crippen LogP contribution is -2.35. The standard InChI is InChI=1S/C21H20N2O5/c1-26-15-9-8-13(12-16(15)27-2)10-11-23-20(24)17-18(14-6-4-3-5-7-14)22-28-19(17)21(23)25/h3-9,12,17,19H,10-11H2,1-2H3/t17-,19+/m1/s1. The molecule has 2 atom stereocenters. The summed E-state index contributed by atoms with van der Waals surface area (Å²) in [6.07, 6.45) is -0.358. The van der Waals surface area contributed by atoms with Gasteiger partial charge in [-0.05, 0) is 24.1 Å².